The maximum absolute atomic E-state index is 13.2. The van der Waals surface area contributed by atoms with Crippen molar-refractivity contribution in [2.45, 2.75) is 5.33 Å². The fourth-order valence-electron chi connectivity index (χ4n) is 1.69. The monoisotopic (exact) mass is 366 g/mol. The van der Waals surface area contributed by atoms with E-state index in [1.165, 1.54) is 12.1 Å². The Morgan fingerprint density at radius 2 is 1.67 bits per heavy atom. The largest absolute Gasteiger partial charge is 0.207 e. The lowest BCUT2D eigenvalue weighted by atomic mass is 10.0. The van der Waals surface area contributed by atoms with Crippen LogP contribution in [0.25, 0.3) is 11.1 Å². The van der Waals surface area contributed by atoms with Crippen molar-refractivity contribution in [2.75, 3.05) is 0 Å². The molecule has 2 aromatic carbocycles. The molecule has 0 radical (unpaired) electrons. The maximum Gasteiger partial charge on any atom is 0.123 e. The maximum atomic E-state index is 13.2. The minimum atomic E-state index is -0.303. The quantitative estimate of drug-likeness (QED) is 0.428. The summed E-state index contributed by atoms with van der Waals surface area (Å²) in [7, 11) is 0. The first kappa shape index (κ1) is 14.1. The number of alkyl halides is 1. The Morgan fingerprint density at radius 1 is 1.00 bits per heavy atom. The van der Waals surface area contributed by atoms with Crippen molar-refractivity contribution in [3.8, 4) is 11.1 Å². The van der Waals surface area contributed by atoms with Crippen molar-refractivity contribution in [1.82, 2.24) is 0 Å². The normalized spacial score (nSPS) is 10.7. The fraction of sp³-hybridized carbons (Fsp3) is 0.0769. The highest BCUT2D eigenvalue weighted by Gasteiger charge is 2.15. The molecule has 0 spiro atoms. The standard InChI is InChI=1S/C13H7BrCl3F/c14-6-7-5-8(18)1-2-9(7)12-10(15)3-4-11(16)13(12)17/h1-5H,6H2. The Balaban J connectivity index is 2.73. The highest BCUT2D eigenvalue weighted by atomic mass is 79.9. The van der Waals surface area contributed by atoms with E-state index in [1.807, 2.05) is 0 Å². The molecule has 0 unspecified atom stereocenters. The molecule has 0 aliphatic heterocycles. The Morgan fingerprint density at radius 3 is 2.33 bits per heavy atom. The first-order chi connectivity index (χ1) is 8.54. The van der Waals surface area contributed by atoms with Gasteiger partial charge >= 0.3 is 0 Å². The van der Waals surface area contributed by atoms with Crippen molar-refractivity contribution in [2.24, 2.45) is 0 Å². The fourth-order valence-corrected chi connectivity index (χ4v) is 2.89. The van der Waals surface area contributed by atoms with Crippen LogP contribution in [-0.4, -0.2) is 0 Å². The molecule has 0 aliphatic rings. The number of hydrogen-bond acceptors (Lipinski definition) is 0. The van der Waals surface area contributed by atoms with Crippen LogP contribution in [-0.2, 0) is 5.33 Å². The van der Waals surface area contributed by atoms with Gasteiger partial charge in [0.15, 0.2) is 0 Å². The van der Waals surface area contributed by atoms with Gasteiger partial charge in [-0.2, -0.15) is 0 Å². The van der Waals surface area contributed by atoms with Gasteiger partial charge in [0.25, 0.3) is 0 Å². The summed E-state index contributed by atoms with van der Waals surface area (Å²) in [4.78, 5) is 0. The zero-order chi connectivity index (χ0) is 13.3. The topological polar surface area (TPSA) is 0 Å². The highest BCUT2D eigenvalue weighted by molar-refractivity contribution is 9.08. The smallest absolute Gasteiger partial charge is 0.123 e. The first-order valence-corrected chi connectivity index (χ1v) is 7.28. The van der Waals surface area contributed by atoms with Crippen LogP contribution >= 0.6 is 50.7 Å². The zero-order valence-electron chi connectivity index (χ0n) is 8.98. The first-order valence-electron chi connectivity index (χ1n) is 5.03. The summed E-state index contributed by atoms with van der Waals surface area (Å²) in [5.74, 6) is -0.303. The van der Waals surface area contributed by atoms with Gasteiger partial charge in [-0.25, -0.2) is 4.39 Å². The molecule has 0 aliphatic carbocycles. The van der Waals surface area contributed by atoms with Crippen LogP contribution in [0.5, 0.6) is 0 Å². The van der Waals surface area contributed by atoms with Crippen LogP contribution in [0.2, 0.25) is 15.1 Å². The molecule has 2 aromatic rings. The van der Waals surface area contributed by atoms with E-state index in [1.54, 1.807) is 18.2 Å². The van der Waals surface area contributed by atoms with E-state index in [-0.39, 0.29) is 5.82 Å². The van der Waals surface area contributed by atoms with Gasteiger partial charge in [0.2, 0.25) is 0 Å². The molecule has 5 heteroatoms. The van der Waals surface area contributed by atoms with Crippen molar-refractivity contribution < 1.29 is 4.39 Å². The van der Waals surface area contributed by atoms with E-state index in [0.717, 1.165) is 11.1 Å². The van der Waals surface area contributed by atoms with Gasteiger partial charge < -0.3 is 0 Å². The molecule has 18 heavy (non-hydrogen) atoms. The highest BCUT2D eigenvalue weighted by Crippen LogP contribution is 2.40. The molecule has 0 bridgehead atoms. The summed E-state index contributed by atoms with van der Waals surface area (Å²) in [5, 5.41) is 1.77. The van der Waals surface area contributed by atoms with Gasteiger partial charge in [0, 0.05) is 10.9 Å². The lowest BCUT2D eigenvalue weighted by molar-refractivity contribution is 0.627. The average molecular weight is 368 g/mol. The van der Waals surface area contributed by atoms with E-state index in [4.69, 9.17) is 34.8 Å². The predicted molar refractivity (Wildman–Crippen MR) is 79.5 cm³/mol. The van der Waals surface area contributed by atoms with Crippen LogP contribution in [0.1, 0.15) is 5.56 Å². The van der Waals surface area contributed by atoms with E-state index >= 15 is 0 Å². The van der Waals surface area contributed by atoms with Crippen LogP contribution in [0.3, 0.4) is 0 Å². The van der Waals surface area contributed by atoms with E-state index in [0.29, 0.717) is 26.0 Å². The molecule has 0 saturated carbocycles. The summed E-state index contributed by atoms with van der Waals surface area (Å²) in [5.41, 5.74) is 2.16. The Labute approximate surface area is 128 Å². The molecule has 0 heterocycles. The zero-order valence-corrected chi connectivity index (χ0v) is 12.8. The molecule has 0 atom stereocenters. The minimum absolute atomic E-state index is 0.303. The van der Waals surface area contributed by atoms with Crippen molar-refractivity contribution in [3.05, 3.63) is 56.8 Å². The molecule has 0 fully saturated rings. The second kappa shape index (κ2) is 5.79. The molecule has 0 amide bonds. The van der Waals surface area contributed by atoms with Gasteiger partial charge in [0.1, 0.15) is 5.82 Å². The molecule has 0 aromatic heterocycles. The van der Waals surface area contributed by atoms with Gasteiger partial charge in [-0.05, 0) is 35.4 Å². The Bertz CT molecular complexity index is 599. The van der Waals surface area contributed by atoms with Crippen LogP contribution in [0, 0.1) is 5.82 Å². The second-order valence-corrected chi connectivity index (χ2v) is 5.41. The molecular weight excluding hydrogens is 361 g/mol. The van der Waals surface area contributed by atoms with Gasteiger partial charge in [-0.1, -0.05) is 56.8 Å². The lowest BCUT2D eigenvalue weighted by Crippen LogP contribution is -1.90. The minimum Gasteiger partial charge on any atom is -0.207 e. The third kappa shape index (κ3) is 2.67. The van der Waals surface area contributed by atoms with E-state index in [2.05, 4.69) is 15.9 Å². The summed E-state index contributed by atoms with van der Waals surface area (Å²) in [6.45, 7) is 0. The van der Waals surface area contributed by atoms with Crippen LogP contribution in [0.4, 0.5) is 4.39 Å². The van der Waals surface area contributed by atoms with Gasteiger partial charge in [-0.15, -0.1) is 0 Å². The molecule has 0 nitrogen and oxygen atoms in total. The van der Waals surface area contributed by atoms with Crippen molar-refractivity contribution >= 4 is 50.7 Å². The van der Waals surface area contributed by atoms with Crippen LogP contribution in [0.15, 0.2) is 30.3 Å². The molecular formula is C13H7BrCl3F. The number of hydrogen-bond donors (Lipinski definition) is 0. The Kier molecular flexibility index (Phi) is 4.54. The summed E-state index contributed by atoms with van der Waals surface area (Å²) in [6, 6.07) is 7.77. The molecule has 94 valence electrons. The lowest BCUT2D eigenvalue weighted by Gasteiger charge is -2.12. The molecule has 0 saturated heterocycles. The summed E-state index contributed by atoms with van der Waals surface area (Å²) < 4.78 is 13.2. The second-order valence-electron chi connectivity index (χ2n) is 3.65. The van der Waals surface area contributed by atoms with E-state index in [9.17, 15) is 4.39 Å². The van der Waals surface area contributed by atoms with Crippen molar-refractivity contribution in [1.29, 1.82) is 0 Å². The van der Waals surface area contributed by atoms with Crippen molar-refractivity contribution in [3.63, 3.8) is 0 Å². The predicted octanol–water partition coefficient (Wildman–Crippen LogP) is 6.35. The molecule has 2 rings (SSSR count). The van der Waals surface area contributed by atoms with Gasteiger partial charge in [0.05, 0.1) is 15.1 Å². The number of halogens is 5. The molecule has 0 N–H and O–H groups in total. The number of benzene rings is 2. The SMILES string of the molecule is Fc1ccc(-c2c(Cl)ccc(Cl)c2Cl)c(CBr)c1. The van der Waals surface area contributed by atoms with E-state index < -0.39 is 0 Å². The third-order valence-electron chi connectivity index (χ3n) is 2.52. The average Bonchev–Trinajstić information content (AvgIpc) is 2.36. The summed E-state index contributed by atoms with van der Waals surface area (Å²) in [6.07, 6.45) is 0. The van der Waals surface area contributed by atoms with Crippen LogP contribution < -0.4 is 0 Å². The Hall–Kier alpha value is -0.280. The number of rotatable bonds is 2. The van der Waals surface area contributed by atoms with Gasteiger partial charge in [-0.3, -0.25) is 0 Å². The third-order valence-corrected chi connectivity index (χ3v) is 4.25. The summed E-state index contributed by atoms with van der Waals surface area (Å²) >= 11 is 21.6.